The van der Waals surface area contributed by atoms with Gasteiger partial charge >= 0.3 is 0 Å². The fraction of sp³-hybridized carbons (Fsp3) is 0.926. The Hall–Kier alpha value is -1.73. The predicted octanol–water partition coefficient (Wildman–Crippen LogP) is 9.05. The number of unbranched alkanes of at least 4 members (excludes halogenated alkanes) is 36. The Balaban J connectivity index is 1.27. The number of carbonyl (C=O) groups is 1. The van der Waals surface area contributed by atoms with Crippen LogP contribution in [0.15, 0.2) is 24.3 Å². The Morgan fingerprint density at radius 2 is 0.724 bits per heavy atom. The molecular weight excluding hydrogens is 1120 g/mol. The van der Waals surface area contributed by atoms with Gasteiger partial charge in [-0.15, -0.1) is 0 Å². The minimum Gasteiger partial charge on any atom is -0.394 e. The van der Waals surface area contributed by atoms with Gasteiger partial charge in [0.2, 0.25) is 5.91 Å². The Kier molecular flexibility index (Phi) is 46.4. The van der Waals surface area contributed by atoms with Crippen molar-refractivity contribution in [1.29, 1.82) is 0 Å². The molecule has 0 aliphatic carbocycles. The first-order valence-electron chi connectivity index (χ1n) is 35.1. The van der Waals surface area contributed by atoms with Crippen LogP contribution < -0.4 is 5.32 Å². The van der Waals surface area contributed by atoms with Gasteiger partial charge in [-0.2, -0.15) is 0 Å². The second kappa shape index (κ2) is 50.8. The van der Waals surface area contributed by atoms with Crippen LogP contribution >= 0.6 is 0 Å². The molecule has 19 nitrogen and oxygen atoms in total. The average Bonchev–Trinajstić information content (AvgIpc) is 3.72. The highest BCUT2D eigenvalue weighted by atomic mass is 16.8. The molecule has 0 spiro atoms. The lowest BCUT2D eigenvalue weighted by Crippen LogP contribution is -2.66. The SMILES string of the molecule is CCCCCCC/C=C/C(O)C(COC1OC(CO)C(OC2OC(CO)C(OC3OC(CO)C(O)C(O)C3O)C(O)C2O)C(O)C1O)NC(=O)CCCCCCCCCCCCCCCCCCCCCCCCC/C=C\CCCCCCCCCC. The summed E-state index contributed by atoms with van der Waals surface area (Å²) in [6.07, 6.45) is 31.0. The topological polar surface area (TPSA) is 307 Å². The summed E-state index contributed by atoms with van der Waals surface area (Å²) in [6, 6.07) is -0.967. The zero-order valence-electron chi connectivity index (χ0n) is 54.0. The summed E-state index contributed by atoms with van der Waals surface area (Å²) >= 11 is 0. The van der Waals surface area contributed by atoms with Crippen molar-refractivity contribution < 1.29 is 89.4 Å². The molecule has 19 heteroatoms. The normalized spacial score (nSPS) is 28.7. The minimum atomic E-state index is -1.97. The number of nitrogens with one attached hydrogen (secondary N) is 1. The maximum absolute atomic E-state index is 13.3. The van der Waals surface area contributed by atoms with Gasteiger partial charge in [-0.05, 0) is 44.9 Å². The summed E-state index contributed by atoms with van der Waals surface area (Å²) in [5, 5.41) is 120. The summed E-state index contributed by atoms with van der Waals surface area (Å²) in [5.41, 5.74) is 0. The molecule has 0 saturated carbocycles. The average molecular weight is 1250 g/mol. The van der Waals surface area contributed by atoms with Crippen LogP contribution in [-0.2, 0) is 33.2 Å². The summed E-state index contributed by atoms with van der Waals surface area (Å²) in [7, 11) is 0. The number of aliphatic hydroxyl groups is 11. The van der Waals surface area contributed by atoms with Gasteiger partial charge in [0.25, 0.3) is 0 Å². The lowest BCUT2D eigenvalue weighted by atomic mass is 9.96. The van der Waals surface area contributed by atoms with Crippen LogP contribution in [0.1, 0.15) is 271 Å². The maximum Gasteiger partial charge on any atom is 0.220 e. The Morgan fingerprint density at radius 1 is 0.402 bits per heavy atom. The van der Waals surface area contributed by atoms with E-state index in [9.17, 15) is 61.0 Å². The second-order valence-electron chi connectivity index (χ2n) is 25.3. The molecule has 87 heavy (non-hydrogen) atoms. The molecule has 512 valence electrons. The van der Waals surface area contributed by atoms with Crippen molar-refractivity contribution in [3.05, 3.63) is 24.3 Å². The van der Waals surface area contributed by atoms with Crippen molar-refractivity contribution >= 4 is 5.91 Å². The zero-order chi connectivity index (χ0) is 63.3. The number of aliphatic hydroxyl groups excluding tert-OH is 11. The Labute approximate surface area is 524 Å². The van der Waals surface area contributed by atoms with Crippen LogP contribution in [0, 0.1) is 0 Å². The van der Waals surface area contributed by atoms with Crippen molar-refractivity contribution in [2.24, 2.45) is 0 Å². The van der Waals surface area contributed by atoms with Crippen molar-refractivity contribution in [2.75, 3.05) is 26.4 Å². The number of amides is 1. The van der Waals surface area contributed by atoms with Gasteiger partial charge in [-0.25, -0.2) is 0 Å². The van der Waals surface area contributed by atoms with Crippen molar-refractivity contribution in [3.63, 3.8) is 0 Å². The number of hydrogen-bond acceptors (Lipinski definition) is 18. The molecule has 0 radical (unpaired) electrons. The molecule has 3 aliphatic rings. The van der Waals surface area contributed by atoms with E-state index in [1.807, 2.05) is 6.08 Å². The van der Waals surface area contributed by atoms with Crippen molar-refractivity contribution in [1.82, 2.24) is 5.32 Å². The van der Waals surface area contributed by atoms with Crippen LogP contribution in [0.25, 0.3) is 0 Å². The molecule has 0 aromatic carbocycles. The zero-order valence-corrected chi connectivity index (χ0v) is 54.0. The van der Waals surface area contributed by atoms with Crippen LogP contribution in [0.2, 0.25) is 0 Å². The van der Waals surface area contributed by atoms with Gasteiger partial charge in [0, 0.05) is 6.42 Å². The van der Waals surface area contributed by atoms with Gasteiger partial charge in [0.15, 0.2) is 18.9 Å². The smallest absolute Gasteiger partial charge is 0.220 e. The van der Waals surface area contributed by atoms with E-state index in [0.29, 0.717) is 6.42 Å². The molecule has 12 N–H and O–H groups in total. The van der Waals surface area contributed by atoms with E-state index in [0.717, 1.165) is 57.8 Å². The molecule has 3 saturated heterocycles. The summed E-state index contributed by atoms with van der Waals surface area (Å²) in [5.74, 6) is -0.276. The van der Waals surface area contributed by atoms with Crippen LogP contribution in [0.3, 0.4) is 0 Å². The van der Waals surface area contributed by atoms with Crippen molar-refractivity contribution in [3.8, 4) is 0 Å². The van der Waals surface area contributed by atoms with Crippen LogP contribution in [0.5, 0.6) is 0 Å². The molecule has 3 heterocycles. The molecule has 3 aliphatic heterocycles. The summed E-state index contributed by atoms with van der Waals surface area (Å²) < 4.78 is 34.2. The molecular formula is C68H127NO18. The monoisotopic (exact) mass is 1250 g/mol. The lowest BCUT2D eigenvalue weighted by Gasteiger charge is -2.48. The molecule has 0 aromatic heterocycles. The third-order valence-electron chi connectivity index (χ3n) is 17.7. The van der Waals surface area contributed by atoms with Gasteiger partial charge in [0.05, 0.1) is 38.6 Å². The first-order valence-corrected chi connectivity index (χ1v) is 35.1. The quantitative estimate of drug-likeness (QED) is 0.0200. The van der Waals surface area contributed by atoms with E-state index in [1.54, 1.807) is 6.08 Å². The number of hydrogen-bond donors (Lipinski definition) is 12. The third-order valence-corrected chi connectivity index (χ3v) is 17.7. The minimum absolute atomic E-state index is 0.247. The molecule has 0 aromatic rings. The number of rotatable bonds is 54. The Bertz CT molecular complexity index is 1680. The molecule has 17 atom stereocenters. The fourth-order valence-electron chi connectivity index (χ4n) is 12.0. The highest BCUT2D eigenvalue weighted by Gasteiger charge is 2.53. The van der Waals surface area contributed by atoms with E-state index >= 15 is 0 Å². The van der Waals surface area contributed by atoms with Crippen molar-refractivity contribution in [2.45, 2.75) is 375 Å². The van der Waals surface area contributed by atoms with Crippen LogP contribution in [0.4, 0.5) is 0 Å². The first kappa shape index (κ1) is 79.5. The molecule has 1 amide bonds. The van der Waals surface area contributed by atoms with E-state index in [1.165, 1.54) is 186 Å². The predicted molar refractivity (Wildman–Crippen MR) is 337 cm³/mol. The molecule has 3 fully saturated rings. The Morgan fingerprint density at radius 3 is 1.11 bits per heavy atom. The molecule has 3 rings (SSSR count). The largest absolute Gasteiger partial charge is 0.394 e. The summed E-state index contributed by atoms with van der Waals surface area (Å²) in [6.45, 7) is 1.67. The third kappa shape index (κ3) is 33.1. The van der Waals surface area contributed by atoms with E-state index < -0.39 is 124 Å². The highest BCUT2D eigenvalue weighted by molar-refractivity contribution is 5.76. The first-order chi connectivity index (χ1) is 42.3. The lowest BCUT2D eigenvalue weighted by molar-refractivity contribution is -0.379. The number of carbonyl (C=O) groups excluding carboxylic acids is 1. The summed E-state index contributed by atoms with van der Waals surface area (Å²) in [4.78, 5) is 13.3. The van der Waals surface area contributed by atoms with Gasteiger partial charge in [-0.3, -0.25) is 4.79 Å². The molecule has 0 bridgehead atoms. The maximum atomic E-state index is 13.3. The van der Waals surface area contributed by atoms with Crippen LogP contribution in [-0.4, -0.2) is 193 Å². The highest BCUT2D eigenvalue weighted by Crippen LogP contribution is 2.33. The standard InChI is InChI=1S/C68H127NO18/c1-3-5-7-9-11-12-13-14-15-16-17-18-19-20-21-22-23-24-25-26-27-28-29-30-31-32-33-34-35-36-37-38-40-42-44-46-56(74)69-51(52(73)45-43-41-39-10-8-6-4-2)50-82-66-62(80)59(77)64(54(48-71)84-66)87-68-63(81)60(78)65(55(49-72)85-68)86-67-61(79)58(76)57(75)53(47-70)83-67/h16-17,43,45,51-55,57-68,70-73,75-81H,3-15,18-42,44,46-50H2,1-2H3,(H,69,74)/b17-16-,45-43+. The fourth-order valence-corrected chi connectivity index (χ4v) is 12.0. The van der Waals surface area contributed by atoms with Gasteiger partial charge < -0.3 is 89.9 Å². The second-order valence-corrected chi connectivity index (χ2v) is 25.3. The number of ether oxygens (including phenoxy) is 6. The van der Waals surface area contributed by atoms with Gasteiger partial charge in [-0.1, -0.05) is 244 Å². The van der Waals surface area contributed by atoms with Gasteiger partial charge in [0.1, 0.15) is 73.2 Å². The number of allylic oxidation sites excluding steroid dienone is 3. The van der Waals surface area contributed by atoms with E-state index in [2.05, 4.69) is 31.3 Å². The van der Waals surface area contributed by atoms with E-state index in [-0.39, 0.29) is 18.9 Å². The molecule has 17 unspecified atom stereocenters. The van der Waals surface area contributed by atoms with E-state index in [4.69, 9.17) is 28.4 Å².